The van der Waals surface area contributed by atoms with Crippen molar-refractivity contribution in [1.29, 1.82) is 0 Å². The van der Waals surface area contributed by atoms with Gasteiger partial charge in [-0.25, -0.2) is 0 Å². The lowest BCUT2D eigenvalue weighted by atomic mass is 9.85. The highest BCUT2D eigenvalue weighted by molar-refractivity contribution is 5.45. The summed E-state index contributed by atoms with van der Waals surface area (Å²) in [7, 11) is 6.56. The molecular weight excluding hydrogens is 360 g/mol. The average molecular weight is 386 g/mol. The van der Waals surface area contributed by atoms with Crippen LogP contribution in [-0.4, -0.2) is 41.7 Å². The largest absolute Gasteiger partial charge is 0.493 e. The number of methoxy groups -OCH3 is 4. The van der Waals surface area contributed by atoms with Gasteiger partial charge in [0.25, 0.3) is 0 Å². The van der Waals surface area contributed by atoms with Crippen molar-refractivity contribution in [3.63, 3.8) is 0 Å². The fourth-order valence-corrected chi connectivity index (χ4v) is 4.29. The molecule has 150 valence electrons. The summed E-state index contributed by atoms with van der Waals surface area (Å²) in [6, 6.07) is 11.9. The fourth-order valence-electron chi connectivity index (χ4n) is 4.29. The average Bonchev–Trinajstić information content (AvgIpc) is 3.35. The number of ether oxygens (including phenoxy) is 6. The predicted molar refractivity (Wildman–Crippen MR) is 103 cm³/mol. The lowest BCUT2D eigenvalue weighted by Gasteiger charge is -2.18. The van der Waals surface area contributed by atoms with Crippen LogP contribution in [0.25, 0.3) is 0 Å². The molecule has 28 heavy (non-hydrogen) atoms. The van der Waals surface area contributed by atoms with E-state index in [2.05, 4.69) is 0 Å². The van der Waals surface area contributed by atoms with Gasteiger partial charge in [0.15, 0.2) is 23.0 Å². The van der Waals surface area contributed by atoms with Gasteiger partial charge in [-0.15, -0.1) is 0 Å². The SMILES string of the molecule is COc1ccc([C@H]2OC[C@H]3[C@H]2CO[C@H]3c2ccc(OC)c(OC)c2)cc1OC. The minimum Gasteiger partial charge on any atom is -0.493 e. The fraction of sp³-hybridized carbons (Fsp3) is 0.455. The molecule has 0 unspecified atom stereocenters. The molecule has 2 aromatic rings. The van der Waals surface area contributed by atoms with Gasteiger partial charge in [0.05, 0.1) is 53.9 Å². The summed E-state index contributed by atoms with van der Waals surface area (Å²) in [5.74, 6) is 3.43. The third-order valence-electron chi connectivity index (χ3n) is 5.74. The molecule has 6 nitrogen and oxygen atoms in total. The molecule has 2 heterocycles. The third kappa shape index (κ3) is 3.16. The molecule has 2 aliphatic rings. The number of fused-ring (bicyclic) bond motifs is 1. The molecule has 4 rings (SSSR count). The molecule has 0 bridgehead atoms. The van der Waals surface area contributed by atoms with Crippen molar-refractivity contribution in [2.75, 3.05) is 41.7 Å². The van der Waals surface area contributed by atoms with Crippen LogP contribution in [0.3, 0.4) is 0 Å². The van der Waals surface area contributed by atoms with Gasteiger partial charge in [0, 0.05) is 11.8 Å². The number of hydrogen-bond donors (Lipinski definition) is 0. The Kier molecular flexibility index (Phi) is 5.33. The molecule has 2 aliphatic heterocycles. The van der Waals surface area contributed by atoms with E-state index >= 15 is 0 Å². The maximum atomic E-state index is 6.20. The van der Waals surface area contributed by atoms with Crippen LogP contribution in [0.4, 0.5) is 0 Å². The summed E-state index contributed by atoms with van der Waals surface area (Å²) in [5, 5.41) is 0. The molecule has 0 aromatic heterocycles. The van der Waals surface area contributed by atoms with Crippen LogP contribution in [0.2, 0.25) is 0 Å². The van der Waals surface area contributed by atoms with Crippen molar-refractivity contribution >= 4 is 0 Å². The smallest absolute Gasteiger partial charge is 0.161 e. The van der Waals surface area contributed by atoms with E-state index in [0.29, 0.717) is 36.2 Å². The highest BCUT2D eigenvalue weighted by atomic mass is 16.5. The first-order valence-electron chi connectivity index (χ1n) is 9.37. The number of benzene rings is 2. The van der Waals surface area contributed by atoms with Gasteiger partial charge >= 0.3 is 0 Å². The Morgan fingerprint density at radius 3 is 1.36 bits per heavy atom. The second-order valence-electron chi connectivity index (χ2n) is 7.06. The number of hydrogen-bond acceptors (Lipinski definition) is 6. The van der Waals surface area contributed by atoms with Crippen LogP contribution < -0.4 is 18.9 Å². The van der Waals surface area contributed by atoms with E-state index in [1.807, 2.05) is 36.4 Å². The Hall–Kier alpha value is -2.44. The highest BCUT2D eigenvalue weighted by Gasteiger charge is 2.48. The van der Waals surface area contributed by atoms with E-state index in [4.69, 9.17) is 28.4 Å². The molecule has 2 fully saturated rings. The van der Waals surface area contributed by atoms with E-state index < -0.39 is 0 Å². The van der Waals surface area contributed by atoms with E-state index in [-0.39, 0.29) is 24.0 Å². The van der Waals surface area contributed by atoms with Crippen molar-refractivity contribution in [3.8, 4) is 23.0 Å². The Morgan fingerprint density at radius 2 is 1.00 bits per heavy atom. The molecule has 0 N–H and O–H groups in total. The summed E-state index contributed by atoms with van der Waals surface area (Å²) >= 11 is 0. The van der Waals surface area contributed by atoms with Gasteiger partial charge in [-0.05, 0) is 35.4 Å². The summed E-state index contributed by atoms with van der Waals surface area (Å²) in [6.45, 7) is 1.31. The van der Waals surface area contributed by atoms with Crippen LogP contribution in [0.15, 0.2) is 36.4 Å². The molecule has 6 heteroatoms. The van der Waals surface area contributed by atoms with Crippen LogP contribution >= 0.6 is 0 Å². The molecule has 2 aromatic carbocycles. The maximum Gasteiger partial charge on any atom is 0.161 e. The first-order valence-corrected chi connectivity index (χ1v) is 9.37. The van der Waals surface area contributed by atoms with Crippen molar-refractivity contribution in [1.82, 2.24) is 0 Å². The zero-order valence-electron chi connectivity index (χ0n) is 16.6. The van der Waals surface area contributed by atoms with Gasteiger partial charge in [-0.3, -0.25) is 0 Å². The van der Waals surface area contributed by atoms with Gasteiger partial charge in [-0.1, -0.05) is 12.1 Å². The first kappa shape index (κ1) is 18.9. The normalized spacial score (nSPS) is 26.0. The van der Waals surface area contributed by atoms with Crippen molar-refractivity contribution < 1.29 is 28.4 Å². The number of rotatable bonds is 6. The molecule has 0 aliphatic carbocycles. The Morgan fingerprint density at radius 1 is 0.607 bits per heavy atom. The molecule has 0 spiro atoms. The molecule has 2 saturated heterocycles. The van der Waals surface area contributed by atoms with E-state index in [9.17, 15) is 0 Å². The minimum absolute atomic E-state index is 0.0186. The van der Waals surface area contributed by atoms with Gasteiger partial charge in [0.2, 0.25) is 0 Å². The second kappa shape index (κ2) is 7.89. The van der Waals surface area contributed by atoms with Crippen LogP contribution in [0.1, 0.15) is 23.3 Å². The van der Waals surface area contributed by atoms with E-state index in [1.165, 1.54) is 0 Å². The summed E-state index contributed by atoms with van der Waals surface area (Å²) in [5.41, 5.74) is 2.17. The van der Waals surface area contributed by atoms with Gasteiger partial charge in [-0.2, -0.15) is 0 Å². The maximum absolute atomic E-state index is 6.20. The van der Waals surface area contributed by atoms with Crippen molar-refractivity contribution in [2.45, 2.75) is 12.2 Å². The zero-order valence-corrected chi connectivity index (χ0v) is 16.6. The first-order chi connectivity index (χ1) is 13.7. The molecular formula is C22H26O6. The molecule has 0 amide bonds. The van der Waals surface area contributed by atoms with E-state index in [0.717, 1.165) is 11.1 Å². The molecule has 0 saturated carbocycles. The van der Waals surface area contributed by atoms with Crippen molar-refractivity contribution in [2.24, 2.45) is 11.8 Å². The monoisotopic (exact) mass is 386 g/mol. The summed E-state index contributed by atoms with van der Waals surface area (Å²) in [4.78, 5) is 0. The topological polar surface area (TPSA) is 55.4 Å². The molecule has 0 radical (unpaired) electrons. The quantitative estimate of drug-likeness (QED) is 0.753. The van der Waals surface area contributed by atoms with E-state index in [1.54, 1.807) is 28.4 Å². The summed E-state index contributed by atoms with van der Waals surface area (Å²) < 4.78 is 34.0. The summed E-state index contributed by atoms with van der Waals surface area (Å²) in [6.07, 6.45) is -0.0371. The van der Waals surface area contributed by atoms with Crippen LogP contribution in [0, 0.1) is 11.8 Å². The van der Waals surface area contributed by atoms with Crippen LogP contribution in [0.5, 0.6) is 23.0 Å². The van der Waals surface area contributed by atoms with Crippen molar-refractivity contribution in [3.05, 3.63) is 47.5 Å². The standard InChI is InChI=1S/C22H26O6/c1-23-17-7-5-13(9-19(17)25-3)21-15-11-28-22(16(15)12-27-21)14-6-8-18(24-2)20(10-14)26-4/h5-10,15-16,21-22H,11-12H2,1-4H3/t15-,16+,21-,22+. The Labute approximate surface area is 165 Å². The Bertz CT molecular complexity index is 766. The van der Waals surface area contributed by atoms with Gasteiger partial charge < -0.3 is 28.4 Å². The third-order valence-corrected chi connectivity index (χ3v) is 5.74. The zero-order chi connectivity index (χ0) is 19.7. The van der Waals surface area contributed by atoms with Crippen LogP contribution in [-0.2, 0) is 9.47 Å². The minimum atomic E-state index is -0.0186. The lowest BCUT2D eigenvalue weighted by Crippen LogP contribution is -2.14. The Balaban J connectivity index is 1.57. The lowest BCUT2D eigenvalue weighted by molar-refractivity contribution is 0.0191. The second-order valence-corrected chi connectivity index (χ2v) is 7.06. The highest BCUT2D eigenvalue weighted by Crippen LogP contribution is 2.51. The molecule has 4 atom stereocenters. The van der Waals surface area contributed by atoms with Gasteiger partial charge in [0.1, 0.15) is 0 Å². The predicted octanol–water partition coefficient (Wildman–Crippen LogP) is 3.80.